The SMILES string of the molecule is C[C@H](c1ccc(F)cc1)n1cncc1CN1CCC(C#N)(C2CCOCC2)CC1. The van der Waals surface area contributed by atoms with Crippen molar-refractivity contribution in [2.24, 2.45) is 11.3 Å². The Morgan fingerprint density at radius 3 is 2.59 bits per heavy atom. The molecule has 1 aromatic heterocycles. The molecule has 0 radical (unpaired) electrons. The molecule has 0 unspecified atom stereocenters. The summed E-state index contributed by atoms with van der Waals surface area (Å²) in [5, 5.41) is 9.95. The van der Waals surface area contributed by atoms with Crippen LogP contribution < -0.4 is 0 Å². The van der Waals surface area contributed by atoms with E-state index in [1.165, 1.54) is 12.1 Å². The lowest BCUT2D eigenvalue weighted by Gasteiger charge is -2.43. The average molecular weight is 397 g/mol. The maximum absolute atomic E-state index is 13.3. The van der Waals surface area contributed by atoms with Crippen molar-refractivity contribution in [1.82, 2.24) is 14.5 Å². The van der Waals surface area contributed by atoms with Crippen LogP contribution in [0.2, 0.25) is 0 Å². The lowest BCUT2D eigenvalue weighted by atomic mass is 9.67. The summed E-state index contributed by atoms with van der Waals surface area (Å²) in [5.74, 6) is 0.248. The molecule has 5 nitrogen and oxygen atoms in total. The molecule has 1 aromatic carbocycles. The first kappa shape index (κ1) is 20.1. The van der Waals surface area contributed by atoms with Crippen molar-refractivity contribution >= 4 is 0 Å². The smallest absolute Gasteiger partial charge is 0.123 e. The summed E-state index contributed by atoms with van der Waals surface area (Å²) in [4.78, 5) is 6.80. The van der Waals surface area contributed by atoms with Crippen molar-refractivity contribution in [1.29, 1.82) is 5.26 Å². The quantitative estimate of drug-likeness (QED) is 0.761. The molecule has 0 spiro atoms. The Balaban J connectivity index is 1.41. The Bertz CT molecular complexity index is 843. The zero-order chi connectivity index (χ0) is 20.3. The van der Waals surface area contributed by atoms with Crippen LogP contribution in [-0.2, 0) is 11.3 Å². The van der Waals surface area contributed by atoms with Crippen LogP contribution in [0.25, 0.3) is 0 Å². The fourth-order valence-electron chi connectivity index (χ4n) is 4.91. The van der Waals surface area contributed by atoms with E-state index in [4.69, 9.17) is 4.74 Å². The number of nitrogens with zero attached hydrogens (tertiary/aromatic N) is 4. The normalized spacial score (nSPS) is 21.6. The number of hydrogen-bond acceptors (Lipinski definition) is 4. The number of hydrogen-bond donors (Lipinski definition) is 0. The molecule has 1 atom stereocenters. The van der Waals surface area contributed by atoms with Gasteiger partial charge in [0, 0.05) is 39.0 Å². The van der Waals surface area contributed by atoms with Crippen molar-refractivity contribution in [2.75, 3.05) is 26.3 Å². The summed E-state index contributed by atoms with van der Waals surface area (Å²) < 4.78 is 20.9. The van der Waals surface area contributed by atoms with Crippen LogP contribution in [0, 0.1) is 28.5 Å². The minimum atomic E-state index is -0.217. The summed E-state index contributed by atoms with van der Waals surface area (Å²) in [7, 11) is 0. The minimum absolute atomic E-state index is 0.0957. The Labute approximate surface area is 172 Å². The van der Waals surface area contributed by atoms with Crippen molar-refractivity contribution < 1.29 is 9.13 Å². The average Bonchev–Trinajstić information content (AvgIpc) is 3.23. The van der Waals surface area contributed by atoms with Gasteiger partial charge in [0.1, 0.15) is 5.82 Å². The monoisotopic (exact) mass is 396 g/mol. The van der Waals surface area contributed by atoms with Gasteiger partial charge in [0.2, 0.25) is 0 Å². The Hall–Kier alpha value is -2.23. The van der Waals surface area contributed by atoms with Crippen LogP contribution >= 0.6 is 0 Å². The molecule has 2 fully saturated rings. The molecule has 2 aliphatic heterocycles. The van der Waals surface area contributed by atoms with E-state index >= 15 is 0 Å². The van der Waals surface area contributed by atoms with E-state index in [-0.39, 0.29) is 17.3 Å². The third-order valence-electron chi connectivity index (χ3n) is 6.88. The molecule has 29 heavy (non-hydrogen) atoms. The molecule has 0 amide bonds. The van der Waals surface area contributed by atoms with Gasteiger partial charge >= 0.3 is 0 Å². The van der Waals surface area contributed by atoms with E-state index in [1.807, 2.05) is 24.7 Å². The molecule has 0 aliphatic carbocycles. The third kappa shape index (κ3) is 4.22. The first-order valence-corrected chi connectivity index (χ1v) is 10.6. The molecule has 6 heteroatoms. The van der Waals surface area contributed by atoms with E-state index < -0.39 is 0 Å². The zero-order valence-electron chi connectivity index (χ0n) is 17.1. The van der Waals surface area contributed by atoms with Gasteiger partial charge in [0.15, 0.2) is 0 Å². The van der Waals surface area contributed by atoms with Gasteiger partial charge in [0.05, 0.1) is 29.5 Å². The molecule has 0 N–H and O–H groups in total. The first-order chi connectivity index (χ1) is 14.1. The number of rotatable bonds is 5. The van der Waals surface area contributed by atoms with Gasteiger partial charge in [-0.05, 0) is 56.2 Å². The number of likely N-dealkylation sites (tertiary alicyclic amines) is 1. The first-order valence-electron chi connectivity index (χ1n) is 10.6. The van der Waals surface area contributed by atoms with Gasteiger partial charge in [-0.3, -0.25) is 4.90 Å². The summed E-state index contributed by atoms with van der Waals surface area (Å²) in [6, 6.07) is 9.46. The Morgan fingerprint density at radius 2 is 1.93 bits per heavy atom. The number of piperidine rings is 1. The van der Waals surface area contributed by atoms with Crippen LogP contribution in [0.5, 0.6) is 0 Å². The summed E-state index contributed by atoms with van der Waals surface area (Å²) >= 11 is 0. The van der Waals surface area contributed by atoms with Gasteiger partial charge in [-0.15, -0.1) is 0 Å². The number of halogens is 1. The van der Waals surface area contributed by atoms with Gasteiger partial charge in [-0.1, -0.05) is 12.1 Å². The summed E-state index contributed by atoms with van der Waals surface area (Å²) in [6.45, 7) is 6.37. The van der Waals surface area contributed by atoms with Crippen LogP contribution in [0.1, 0.15) is 49.9 Å². The third-order valence-corrected chi connectivity index (χ3v) is 6.88. The summed E-state index contributed by atoms with van der Waals surface area (Å²) in [5.41, 5.74) is 2.02. The molecule has 2 aromatic rings. The van der Waals surface area contributed by atoms with Gasteiger partial charge in [-0.25, -0.2) is 9.37 Å². The molecule has 4 rings (SSSR count). The van der Waals surface area contributed by atoms with E-state index in [1.54, 1.807) is 0 Å². The topological polar surface area (TPSA) is 54.1 Å². The highest BCUT2D eigenvalue weighted by Gasteiger charge is 2.42. The number of nitriles is 1. The fourth-order valence-corrected chi connectivity index (χ4v) is 4.91. The molecule has 3 heterocycles. The second-order valence-corrected chi connectivity index (χ2v) is 8.45. The predicted octanol–water partition coefficient (Wildman–Crippen LogP) is 4.16. The van der Waals surface area contributed by atoms with Crippen LogP contribution in [0.3, 0.4) is 0 Å². The second kappa shape index (κ2) is 8.64. The van der Waals surface area contributed by atoms with E-state index in [2.05, 4.69) is 27.4 Å². The zero-order valence-corrected chi connectivity index (χ0v) is 17.1. The number of imidazole rings is 1. The number of benzene rings is 1. The molecule has 0 bridgehead atoms. The summed E-state index contributed by atoms with van der Waals surface area (Å²) in [6.07, 6.45) is 7.65. The van der Waals surface area contributed by atoms with Crippen molar-refractivity contribution in [3.05, 3.63) is 53.9 Å². The Morgan fingerprint density at radius 1 is 1.24 bits per heavy atom. The molecule has 2 saturated heterocycles. The maximum atomic E-state index is 13.3. The van der Waals surface area contributed by atoms with Crippen LogP contribution in [0.4, 0.5) is 4.39 Å². The van der Waals surface area contributed by atoms with Crippen molar-refractivity contribution in [2.45, 2.75) is 45.2 Å². The fraction of sp³-hybridized carbons (Fsp3) is 0.565. The Kier molecular flexibility index (Phi) is 5.98. The number of aromatic nitrogens is 2. The maximum Gasteiger partial charge on any atom is 0.123 e. The molecular weight excluding hydrogens is 367 g/mol. The standard InChI is InChI=1S/C23H29FN4O/c1-18(19-2-4-21(24)5-3-19)28-17-26-14-22(28)15-27-10-8-23(16-25,9-11-27)20-6-12-29-13-7-20/h2-5,14,17-18,20H,6-13,15H2,1H3/t18-/m1/s1. The highest BCUT2D eigenvalue weighted by Crippen LogP contribution is 2.43. The largest absolute Gasteiger partial charge is 0.381 e. The van der Waals surface area contributed by atoms with E-state index in [9.17, 15) is 9.65 Å². The molecule has 2 aliphatic rings. The van der Waals surface area contributed by atoms with E-state index in [0.29, 0.717) is 5.92 Å². The predicted molar refractivity (Wildman–Crippen MR) is 109 cm³/mol. The van der Waals surface area contributed by atoms with E-state index in [0.717, 1.165) is 69.8 Å². The minimum Gasteiger partial charge on any atom is -0.381 e. The number of ether oxygens (including phenoxy) is 1. The molecular formula is C23H29FN4O. The van der Waals surface area contributed by atoms with Crippen LogP contribution in [0.15, 0.2) is 36.8 Å². The van der Waals surface area contributed by atoms with Gasteiger partial charge in [-0.2, -0.15) is 5.26 Å². The lowest BCUT2D eigenvalue weighted by molar-refractivity contribution is 0.00300. The van der Waals surface area contributed by atoms with Gasteiger partial charge in [0.25, 0.3) is 0 Å². The van der Waals surface area contributed by atoms with Crippen molar-refractivity contribution in [3.8, 4) is 6.07 Å². The van der Waals surface area contributed by atoms with Crippen LogP contribution in [-0.4, -0.2) is 40.8 Å². The molecule has 154 valence electrons. The van der Waals surface area contributed by atoms with Gasteiger partial charge < -0.3 is 9.30 Å². The van der Waals surface area contributed by atoms with Crippen molar-refractivity contribution in [3.63, 3.8) is 0 Å². The molecule has 0 saturated carbocycles. The second-order valence-electron chi connectivity index (χ2n) is 8.45. The highest BCUT2D eigenvalue weighted by molar-refractivity contribution is 5.21. The highest BCUT2D eigenvalue weighted by atomic mass is 19.1. The lowest BCUT2D eigenvalue weighted by Crippen LogP contribution is -2.44.